The second-order valence-electron chi connectivity index (χ2n) is 7.72. The highest BCUT2D eigenvalue weighted by Crippen LogP contribution is 2.25. The van der Waals surface area contributed by atoms with Gasteiger partial charge in [-0.05, 0) is 41.5 Å². The molecule has 0 spiro atoms. The van der Waals surface area contributed by atoms with Crippen LogP contribution >= 0.6 is 11.3 Å². The molecule has 0 saturated carbocycles. The number of benzene rings is 1. The summed E-state index contributed by atoms with van der Waals surface area (Å²) in [5.74, 6) is 1.44. The third kappa shape index (κ3) is 4.78. The van der Waals surface area contributed by atoms with Crippen molar-refractivity contribution >= 4 is 17.2 Å². The van der Waals surface area contributed by atoms with Crippen molar-refractivity contribution in [3.63, 3.8) is 0 Å². The summed E-state index contributed by atoms with van der Waals surface area (Å²) >= 11 is 1.54. The first-order chi connectivity index (χ1) is 13.2. The molecule has 2 aromatic heterocycles. The zero-order valence-electron chi connectivity index (χ0n) is 16.8. The number of thiophene rings is 1. The Labute approximate surface area is 169 Å². The lowest BCUT2D eigenvalue weighted by Crippen LogP contribution is -2.37. The second-order valence-corrected chi connectivity index (χ2v) is 8.67. The molecule has 1 amide bonds. The summed E-state index contributed by atoms with van der Waals surface area (Å²) in [6.07, 6.45) is -0.620. The number of nitrogens with zero attached hydrogens (tertiary/aromatic N) is 3. The smallest absolute Gasteiger partial charge is 0.263 e. The number of hydrogen-bond donors (Lipinski definition) is 0. The van der Waals surface area contributed by atoms with Crippen molar-refractivity contribution in [2.24, 2.45) is 0 Å². The molecule has 0 unspecified atom stereocenters. The van der Waals surface area contributed by atoms with Crippen LogP contribution in [0.25, 0.3) is 10.7 Å². The average molecular weight is 400 g/mol. The predicted molar refractivity (Wildman–Crippen MR) is 109 cm³/mol. The fraction of sp³-hybridized carbons (Fsp3) is 0.381. The molecule has 0 fully saturated rings. The maximum atomic E-state index is 12.6. The lowest BCUT2D eigenvalue weighted by Gasteiger charge is -2.22. The van der Waals surface area contributed by atoms with Gasteiger partial charge in [-0.3, -0.25) is 4.79 Å². The number of rotatable bonds is 6. The normalized spacial score (nSPS) is 12.6. The molecule has 1 aromatic carbocycles. The maximum absolute atomic E-state index is 12.6. The van der Waals surface area contributed by atoms with Crippen molar-refractivity contribution in [1.29, 1.82) is 0 Å². The molecule has 0 aliphatic carbocycles. The largest absolute Gasteiger partial charge is 0.481 e. The van der Waals surface area contributed by atoms with Crippen molar-refractivity contribution in [2.75, 3.05) is 7.05 Å². The van der Waals surface area contributed by atoms with Crippen molar-refractivity contribution in [1.82, 2.24) is 15.0 Å². The Bertz CT molecular complexity index is 911. The summed E-state index contributed by atoms with van der Waals surface area (Å²) in [4.78, 5) is 19.4. The van der Waals surface area contributed by atoms with Crippen molar-refractivity contribution in [3.05, 3.63) is 53.2 Å². The number of amides is 1. The van der Waals surface area contributed by atoms with E-state index in [1.807, 2.05) is 41.8 Å². The van der Waals surface area contributed by atoms with Gasteiger partial charge in [-0.1, -0.05) is 44.1 Å². The maximum Gasteiger partial charge on any atom is 0.263 e. The van der Waals surface area contributed by atoms with E-state index in [1.54, 1.807) is 14.0 Å². The zero-order valence-corrected chi connectivity index (χ0v) is 17.6. The summed E-state index contributed by atoms with van der Waals surface area (Å²) < 4.78 is 11.1. The van der Waals surface area contributed by atoms with Gasteiger partial charge in [0.1, 0.15) is 5.75 Å². The summed E-state index contributed by atoms with van der Waals surface area (Å²) in [6.45, 7) is 8.44. The van der Waals surface area contributed by atoms with E-state index in [0.29, 0.717) is 17.5 Å². The predicted octanol–water partition coefficient (Wildman–Crippen LogP) is 4.52. The van der Waals surface area contributed by atoms with Crippen LogP contribution < -0.4 is 4.74 Å². The van der Waals surface area contributed by atoms with Gasteiger partial charge in [-0.15, -0.1) is 11.3 Å². The van der Waals surface area contributed by atoms with Crippen LogP contribution in [0.2, 0.25) is 0 Å². The minimum absolute atomic E-state index is 0.0756. The lowest BCUT2D eigenvalue weighted by atomic mass is 9.87. The van der Waals surface area contributed by atoms with Crippen LogP contribution in [0.1, 0.15) is 39.1 Å². The molecule has 28 heavy (non-hydrogen) atoms. The standard InChI is InChI=1S/C21H25N3O3S/c1-14(26-16-10-8-15(9-11-16)21(2,3)4)20(25)24(5)13-18-22-19(23-27-18)17-7-6-12-28-17/h6-12,14H,13H2,1-5H3/t14-/m0/s1. The van der Waals surface area contributed by atoms with Crippen LogP contribution in [0.15, 0.2) is 46.3 Å². The summed E-state index contributed by atoms with van der Waals surface area (Å²) in [6, 6.07) is 11.7. The van der Waals surface area contributed by atoms with E-state index in [2.05, 4.69) is 30.9 Å². The highest BCUT2D eigenvalue weighted by atomic mass is 32.1. The molecule has 3 aromatic rings. The quantitative estimate of drug-likeness (QED) is 0.609. The van der Waals surface area contributed by atoms with Crippen LogP contribution in [-0.4, -0.2) is 34.1 Å². The summed E-state index contributed by atoms with van der Waals surface area (Å²) in [5.41, 5.74) is 1.29. The van der Waals surface area contributed by atoms with Crippen LogP contribution in [0.3, 0.4) is 0 Å². The van der Waals surface area contributed by atoms with E-state index in [1.165, 1.54) is 21.8 Å². The van der Waals surface area contributed by atoms with Gasteiger partial charge in [-0.25, -0.2) is 0 Å². The van der Waals surface area contributed by atoms with Crippen molar-refractivity contribution < 1.29 is 14.1 Å². The van der Waals surface area contributed by atoms with E-state index in [4.69, 9.17) is 9.26 Å². The molecule has 0 N–H and O–H groups in total. The number of hydrogen-bond acceptors (Lipinski definition) is 6. The van der Waals surface area contributed by atoms with Gasteiger partial charge in [0.05, 0.1) is 11.4 Å². The molecule has 0 aliphatic rings. The molecule has 3 rings (SSSR count). The van der Waals surface area contributed by atoms with Crippen LogP contribution in [0.5, 0.6) is 5.75 Å². The average Bonchev–Trinajstić information content (AvgIpc) is 3.32. The number of likely N-dealkylation sites (N-methyl/N-ethyl adjacent to an activating group) is 1. The monoisotopic (exact) mass is 399 g/mol. The Balaban J connectivity index is 1.58. The lowest BCUT2D eigenvalue weighted by molar-refractivity contribution is -0.137. The number of carbonyl (C=O) groups is 1. The van der Waals surface area contributed by atoms with E-state index in [9.17, 15) is 4.79 Å². The van der Waals surface area contributed by atoms with Crippen LogP contribution in [0, 0.1) is 0 Å². The Morgan fingerprint density at radius 3 is 2.57 bits per heavy atom. The Hall–Kier alpha value is -2.67. The second kappa shape index (κ2) is 8.14. The van der Waals surface area contributed by atoms with Gasteiger partial charge in [0.15, 0.2) is 6.10 Å². The topological polar surface area (TPSA) is 68.5 Å². The van der Waals surface area contributed by atoms with Gasteiger partial charge in [-0.2, -0.15) is 4.98 Å². The Morgan fingerprint density at radius 1 is 1.25 bits per heavy atom. The van der Waals surface area contributed by atoms with Gasteiger partial charge in [0.25, 0.3) is 5.91 Å². The molecule has 1 atom stereocenters. The van der Waals surface area contributed by atoms with Crippen molar-refractivity contribution in [3.8, 4) is 16.5 Å². The van der Waals surface area contributed by atoms with Gasteiger partial charge in [0, 0.05) is 7.05 Å². The van der Waals surface area contributed by atoms with Crippen LogP contribution in [0.4, 0.5) is 0 Å². The fourth-order valence-electron chi connectivity index (χ4n) is 2.70. The van der Waals surface area contributed by atoms with E-state index < -0.39 is 6.10 Å². The minimum atomic E-state index is -0.620. The molecule has 0 aliphatic heterocycles. The Kier molecular flexibility index (Phi) is 5.84. The van der Waals surface area contributed by atoms with E-state index in [-0.39, 0.29) is 17.9 Å². The first kappa shape index (κ1) is 20.1. The highest BCUT2D eigenvalue weighted by Gasteiger charge is 2.22. The van der Waals surface area contributed by atoms with E-state index in [0.717, 1.165) is 4.88 Å². The molecule has 0 radical (unpaired) electrons. The van der Waals surface area contributed by atoms with E-state index >= 15 is 0 Å². The molecular weight excluding hydrogens is 374 g/mol. The molecule has 0 bridgehead atoms. The van der Waals surface area contributed by atoms with Gasteiger partial charge >= 0.3 is 0 Å². The number of aromatic nitrogens is 2. The van der Waals surface area contributed by atoms with Gasteiger partial charge in [0.2, 0.25) is 11.7 Å². The third-order valence-corrected chi connectivity index (χ3v) is 5.21. The van der Waals surface area contributed by atoms with Crippen LogP contribution in [-0.2, 0) is 16.8 Å². The first-order valence-corrected chi connectivity index (χ1v) is 10.0. The Morgan fingerprint density at radius 2 is 1.96 bits per heavy atom. The first-order valence-electron chi connectivity index (χ1n) is 9.12. The molecule has 2 heterocycles. The minimum Gasteiger partial charge on any atom is -0.481 e. The fourth-order valence-corrected chi connectivity index (χ4v) is 3.35. The molecular formula is C21H25N3O3S. The molecule has 148 valence electrons. The molecule has 6 nitrogen and oxygen atoms in total. The summed E-state index contributed by atoms with van der Waals surface area (Å²) in [7, 11) is 1.69. The SMILES string of the molecule is C[C@H](Oc1ccc(C(C)(C)C)cc1)C(=O)N(C)Cc1nc(-c2cccs2)no1. The third-order valence-electron chi connectivity index (χ3n) is 4.34. The number of ether oxygens (including phenoxy) is 1. The molecule has 7 heteroatoms. The van der Waals surface area contributed by atoms with Gasteiger partial charge < -0.3 is 14.2 Å². The number of carbonyl (C=O) groups excluding carboxylic acids is 1. The molecule has 0 saturated heterocycles. The summed E-state index contributed by atoms with van der Waals surface area (Å²) in [5, 5.41) is 5.92. The highest BCUT2D eigenvalue weighted by molar-refractivity contribution is 7.13. The zero-order chi connectivity index (χ0) is 20.3. The van der Waals surface area contributed by atoms with Crippen molar-refractivity contribution in [2.45, 2.75) is 45.8 Å².